The molecular formula is C21H31N3O. The molecule has 2 saturated carbocycles. The third kappa shape index (κ3) is 5.01. The van der Waals surface area contributed by atoms with Crippen LogP contribution in [0.2, 0.25) is 0 Å². The number of unbranched alkanes of at least 4 members (excludes halogenated alkanes) is 1. The lowest BCUT2D eigenvalue weighted by Crippen LogP contribution is -2.21. The molecule has 1 aromatic heterocycles. The molecule has 0 saturated heterocycles. The summed E-state index contributed by atoms with van der Waals surface area (Å²) in [4.78, 5) is 9.37. The topological polar surface area (TPSA) is 58.8 Å². The van der Waals surface area contributed by atoms with Crippen molar-refractivity contribution in [1.82, 2.24) is 9.97 Å². The lowest BCUT2D eigenvalue weighted by molar-refractivity contribution is 0.0232. The maximum absolute atomic E-state index is 9.02. The molecule has 0 N–H and O–H groups in total. The molecule has 0 radical (unpaired) electrons. The van der Waals surface area contributed by atoms with Crippen molar-refractivity contribution in [2.45, 2.75) is 89.1 Å². The second-order valence-corrected chi connectivity index (χ2v) is 7.75. The summed E-state index contributed by atoms with van der Waals surface area (Å²) in [5, 5.41) is 9.02. The Bertz CT molecular complexity index is 549. The highest BCUT2D eigenvalue weighted by Gasteiger charge is 2.26. The number of hydrogen-bond donors (Lipinski definition) is 0. The van der Waals surface area contributed by atoms with Crippen LogP contribution in [0, 0.1) is 17.2 Å². The SMILES string of the molecule is CCCCO[C@H]1CC[C@H](c2cnc([C@H]3CC[C@H](C#N)CC3)nc2)CC1. The largest absolute Gasteiger partial charge is 0.378 e. The monoisotopic (exact) mass is 341 g/mol. The van der Waals surface area contributed by atoms with E-state index in [2.05, 4.69) is 35.4 Å². The average Bonchev–Trinajstić information content (AvgIpc) is 2.69. The molecule has 0 atom stereocenters. The molecule has 0 aliphatic heterocycles. The molecule has 2 aliphatic rings. The predicted octanol–water partition coefficient (Wildman–Crippen LogP) is 5.12. The van der Waals surface area contributed by atoms with Gasteiger partial charge in [0.1, 0.15) is 5.82 Å². The molecule has 3 rings (SSSR count). The third-order valence-electron chi connectivity index (χ3n) is 5.96. The Morgan fingerprint density at radius 1 is 1.00 bits per heavy atom. The molecule has 4 heteroatoms. The minimum absolute atomic E-state index is 0.241. The highest BCUT2D eigenvalue weighted by Crippen LogP contribution is 2.36. The first-order valence-corrected chi connectivity index (χ1v) is 10.1. The lowest BCUT2D eigenvalue weighted by Gasteiger charge is -2.29. The number of nitriles is 1. The quantitative estimate of drug-likeness (QED) is 0.674. The minimum atomic E-state index is 0.241. The molecule has 0 bridgehead atoms. The fourth-order valence-corrected chi connectivity index (χ4v) is 4.21. The third-order valence-corrected chi connectivity index (χ3v) is 5.96. The zero-order valence-electron chi connectivity index (χ0n) is 15.5. The van der Waals surface area contributed by atoms with E-state index in [4.69, 9.17) is 10.00 Å². The van der Waals surface area contributed by atoms with Gasteiger partial charge in [-0.1, -0.05) is 13.3 Å². The molecule has 136 valence electrons. The van der Waals surface area contributed by atoms with Gasteiger partial charge in [0.05, 0.1) is 12.2 Å². The van der Waals surface area contributed by atoms with E-state index >= 15 is 0 Å². The van der Waals surface area contributed by atoms with Gasteiger partial charge in [0.15, 0.2) is 0 Å². The molecule has 25 heavy (non-hydrogen) atoms. The summed E-state index contributed by atoms with van der Waals surface area (Å²) in [6, 6.07) is 2.40. The first-order valence-electron chi connectivity index (χ1n) is 10.1. The van der Waals surface area contributed by atoms with Crippen molar-refractivity contribution < 1.29 is 4.74 Å². The number of nitrogens with zero attached hydrogens (tertiary/aromatic N) is 3. The summed E-state index contributed by atoms with van der Waals surface area (Å²) in [6.45, 7) is 3.12. The van der Waals surface area contributed by atoms with Gasteiger partial charge in [-0.15, -0.1) is 0 Å². The standard InChI is InChI=1S/C21H31N3O/c1-2-3-12-25-20-10-8-17(9-11-20)19-14-23-21(24-15-19)18-6-4-16(13-22)5-7-18/h14-18,20H,2-12H2,1H3/t16-,17-,18-,20-. The predicted molar refractivity (Wildman–Crippen MR) is 98.2 cm³/mol. The molecular weight excluding hydrogens is 310 g/mol. The van der Waals surface area contributed by atoms with E-state index in [0.29, 0.717) is 17.9 Å². The zero-order chi connectivity index (χ0) is 17.5. The molecule has 2 aliphatic carbocycles. The second-order valence-electron chi connectivity index (χ2n) is 7.75. The van der Waals surface area contributed by atoms with Gasteiger partial charge < -0.3 is 4.74 Å². The van der Waals surface area contributed by atoms with Crippen LogP contribution in [0.1, 0.15) is 94.4 Å². The van der Waals surface area contributed by atoms with Crippen LogP contribution in [-0.4, -0.2) is 22.7 Å². The molecule has 0 unspecified atom stereocenters. The highest BCUT2D eigenvalue weighted by atomic mass is 16.5. The van der Waals surface area contributed by atoms with Crippen LogP contribution >= 0.6 is 0 Å². The Kier molecular flexibility index (Phi) is 6.81. The van der Waals surface area contributed by atoms with Gasteiger partial charge in [0.2, 0.25) is 0 Å². The minimum Gasteiger partial charge on any atom is -0.378 e. The Hall–Kier alpha value is -1.47. The Morgan fingerprint density at radius 3 is 2.24 bits per heavy atom. The maximum Gasteiger partial charge on any atom is 0.131 e. The van der Waals surface area contributed by atoms with Crippen molar-refractivity contribution >= 4 is 0 Å². The van der Waals surface area contributed by atoms with Crippen LogP contribution in [0.5, 0.6) is 0 Å². The van der Waals surface area contributed by atoms with E-state index in [9.17, 15) is 0 Å². The van der Waals surface area contributed by atoms with Crippen molar-refractivity contribution in [1.29, 1.82) is 5.26 Å². The Balaban J connectivity index is 1.48. The van der Waals surface area contributed by atoms with Crippen LogP contribution in [0.3, 0.4) is 0 Å². The maximum atomic E-state index is 9.02. The average molecular weight is 341 g/mol. The van der Waals surface area contributed by atoms with E-state index < -0.39 is 0 Å². The molecule has 4 nitrogen and oxygen atoms in total. The Morgan fingerprint density at radius 2 is 1.64 bits per heavy atom. The van der Waals surface area contributed by atoms with E-state index in [-0.39, 0.29) is 5.92 Å². The van der Waals surface area contributed by atoms with Gasteiger partial charge in [-0.05, 0) is 69.3 Å². The van der Waals surface area contributed by atoms with Crippen molar-refractivity contribution in [3.63, 3.8) is 0 Å². The first-order chi connectivity index (χ1) is 12.3. The summed E-state index contributed by atoms with van der Waals surface area (Å²) in [6.07, 6.45) is 15.7. The normalized spacial score (nSPS) is 29.9. The number of ether oxygens (including phenoxy) is 1. The van der Waals surface area contributed by atoms with Crippen molar-refractivity contribution in [2.75, 3.05) is 6.61 Å². The molecule has 0 spiro atoms. The first kappa shape index (κ1) is 18.3. The number of aromatic nitrogens is 2. The summed E-state index contributed by atoms with van der Waals surface area (Å²) >= 11 is 0. The van der Waals surface area contributed by atoms with Gasteiger partial charge in [-0.3, -0.25) is 0 Å². The molecule has 2 fully saturated rings. The number of hydrogen-bond acceptors (Lipinski definition) is 4. The number of rotatable bonds is 6. The van der Waals surface area contributed by atoms with Crippen molar-refractivity contribution in [2.24, 2.45) is 5.92 Å². The molecule has 0 amide bonds. The van der Waals surface area contributed by atoms with E-state index in [0.717, 1.165) is 51.0 Å². The zero-order valence-corrected chi connectivity index (χ0v) is 15.5. The van der Waals surface area contributed by atoms with Crippen molar-refractivity contribution in [3.8, 4) is 6.07 Å². The summed E-state index contributed by atoms with van der Waals surface area (Å²) < 4.78 is 5.97. The lowest BCUT2D eigenvalue weighted by atomic mass is 9.82. The van der Waals surface area contributed by atoms with Gasteiger partial charge >= 0.3 is 0 Å². The van der Waals surface area contributed by atoms with Crippen LogP contribution < -0.4 is 0 Å². The smallest absolute Gasteiger partial charge is 0.131 e. The van der Waals surface area contributed by atoms with E-state index in [1.807, 2.05) is 0 Å². The van der Waals surface area contributed by atoms with Crippen LogP contribution in [0.4, 0.5) is 0 Å². The van der Waals surface area contributed by atoms with Gasteiger partial charge in [-0.2, -0.15) is 5.26 Å². The van der Waals surface area contributed by atoms with Gasteiger partial charge in [-0.25, -0.2) is 9.97 Å². The van der Waals surface area contributed by atoms with Gasteiger partial charge in [0, 0.05) is 30.8 Å². The van der Waals surface area contributed by atoms with Crippen molar-refractivity contribution in [3.05, 3.63) is 23.8 Å². The van der Waals surface area contributed by atoms with Gasteiger partial charge in [0.25, 0.3) is 0 Å². The van der Waals surface area contributed by atoms with Crippen LogP contribution in [-0.2, 0) is 4.74 Å². The second kappa shape index (κ2) is 9.29. The molecule has 1 heterocycles. The van der Waals surface area contributed by atoms with E-state index in [1.165, 1.54) is 31.2 Å². The van der Waals surface area contributed by atoms with E-state index in [1.54, 1.807) is 0 Å². The fraction of sp³-hybridized carbons (Fsp3) is 0.762. The summed E-state index contributed by atoms with van der Waals surface area (Å²) in [5.41, 5.74) is 1.29. The molecule has 1 aromatic rings. The molecule has 0 aromatic carbocycles. The Labute approximate surface area is 152 Å². The fourth-order valence-electron chi connectivity index (χ4n) is 4.21. The highest BCUT2D eigenvalue weighted by molar-refractivity contribution is 5.14. The summed E-state index contributed by atoms with van der Waals surface area (Å²) in [7, 11) is 0. The van der Waals surface area contributed by atoms with Crippen LogP contribution in [0.25, 0.3) is 0 Å². The van der Waals surface area contributed by atoms with Crippen LogP contribution in [0.15, 0.2) is 12.4 Å². The summed E-state index contributed by atoms with van der Waals surface area (Å²) in [5.74, 6) is 2.26.